The molecule has 0 aliphatic carbocycles. The van der Waals surface area contributed by atoms with E-state index < -0.39 is 11.9 Å². The third-order valence-corrected chi connectivity index (χ3v) is 4.47. The summed E-state index contributed by atoms with van der Waals surface area (Å²) in [5.74, 6) is -0.886. The molecule has 3 N–H and O–H groups in total. The highest BCUT2D eigenvalue weighted by atomic mass is 32.2. The molecule has 0 radical (unpaired) electrons. The van der Waals surface area contributed by atoms with Gasteiger partial charge in [-0.2, -0.15) is 0 Å². The maximum atomic E-state index is 9.55. The van der Waals surface area contributed by atoms with Crippen molar-refractivity contribution >= 4 is 23.7 Å². The molecule has 150 valence electrons. The third-order valence-electron chi connectivity index (χ3n) is 3.30. The van der Waals surface area contributed by atoms with Gasteiger partial charge in [0.2, 0.25) is 0 Å². The molecule has 8 heteroatoms. The maximum absolute atomic E-state index is 9.55. The van der Waals surface area contributed by atoms with E-state index in [1.807, 2.05) is 25.2 Å². The molecule has 0 bridgehead atoms. The van der Waals surface area contributed by atoms with Crippen molar-refractivity contribution in [1.29, 1.82) is 0 Å². The first kappa shape index (κ1) is 23.1. The molecule has 28 heavy (non-hydrogen) atoms. The molecule has 0 unspecified atom stereocenters. The number of hydrogen-bond acceptors (Lipinski definition) is 6. The average Bonchev–Trinajstić information content (AvgIpc) is 2.69. The summed E-state index contributed by atoms with van der Waals surface area (Å²) in [4.78, 5) is 21.4. The summed E-state index contributed by atoms with van der Waals surface area (Å²) in [6.07, 6.45) is 1.12. The van der Waals surface area contributed by atoms with Gasteiger partial charge in [-0.1, -0.05) is 30.0 Å². The molecule has 0 heterocycles. The van der Waals surface area contributed by atoms with E-state index in [-0.39, 0.29) is 0 Å². The molecular formula is C20H23NO6S. The third kappa shape index (κ3) is 8.15. The molecule has 2 aromatic carbocycles. The lowest BCUT2D eigenvalue weighted by atomic mass is 10.2. The molecule has 0 saturated carbocycles. The zero-order valence-corrected chi connectivity index (χ0v) is 16.7. The second kappa shape index (κ2) is 12.4. The van der Waals surface area contributed by atoms with Crippen LogP contribution in [0.3, 0.4) is 0 Å². The molecular weight excluding hydrogens is 382 g/mol. The summed E-state index contributed by atoms with van der Waals surface area (Å²) < 4.78 is 10.7. The van der Waals surface area contributed by atoms with E-state index in [1.165, 1.54) is 10.5 Å². The normalized spacial score (nSPS) is 10.1. The Bertz CT molecular complexity index is 806. The highest BCUT2D eigenvalue weighted by molar-refractivity contribution is 7.99. The lowest BCUT2D eigenvalue weighted by molar-refractivity contribution is -0.134. The zero-order chi connectivity index (χ0) is 20.9. The van der Waals surface area contributed by atoms with E-state index in [1.54, 1.807) is 26.0 Å². The Morgan fingerprint density at radius 1 is 1.00 bits per heavy atom. The summed E-state index contributed by atoms with van der Waals surface area (Å²) in [5, 5.41) is 18.8. The first-order valence-electron chi connectivity index (χ1n) is 8.17. The van der Waals surface area contributed by atoms with Gasteiger partial charge >= 0.3 is 11.9 Å². The van der Waals surface area contributed by atoms with Gasteiger partial charge in [-0.3, -0.25) is 0 Å². The summed E-state index contributed by atoms with van der Waals surface area (Å²) in [6.45, 7) is 0.849. The van der Waals surface area contributed by atoms with Gasteiger partial charge < -0.3 is 25.0 Å². The van der Waals surface area contributed by atoms with Crippen LogP contribution in [0.15, 0.2) is 64.4 Å². The van der Waals surface area contributed by atoms with Crippen LogP contribution in [-0.2, 0) is 16.1 Å². The highest BCUT2D eigenvalue weighted by Gasteiger charge is 2.09. The fourth-order valence-corrected chi connectivity index (χ4v) is 3.09. The molecule has 0 atom stereocenters. The number of nitrogens with one attached hydrogen (secondary N) is 1. The summed E-state index contributed by atoms with van der Waals surface area (Å²) >= 11 is 1.70. The van der Waals surface area contributed by atoms with Gasteiger partial charge in [0.05, 0.1) is 19.1 Å². The zero-order valence-electron chi connectivity index (χ0n) is 15.8. The van der Waals surface area contributed by atoms with Crippen LogP contribution in [0.5, 0.6) is 11.5 Å². The average molecular weight is 405 g/mol. The minimum Gasteiger partial charge on any atom is -0.497 e. The van der Waals surface area contributed by atoms with Gasteiger partial charge in [0, 0.05) is 29.7 Å². The largest absolute Gasteiger partial charge is 0.497 e. The monoisotopic (exact) mass is 405 g/mol. The molecule has 0 aliphatic rings. The Morgan fingerprint density at radius 3 is 2.18 bits per heavy atom. The van der Waals surface area contributed by atoms with E-state index in [0.29, 0.717) is 12.2 Å². The quantitative estimate of drug-likeness (QED) is 0.575. The van der Waals surface area contributed by atoms with Gasteiger partial charge in [-0.05, 0) is 30.8 Å². The van der Waals surface area contributed by atoms with E-state index in [9.17, 15) is 9.59 Å². The number of carboxylic acid groups (broad SMARTS) is 2. The number of ether oxygens (including phenoxy) is 2. The van der Waals surface area contributed by atoms with Gasteiger partial charge in [0.15, 0.2) is 0 Å². The van der Waals surface area contributed by atoms with Crippen LogP contribution in [0, 0.1) is 0 Å². The molecule has 2 rings (SSSR count). The number of rotatable bonds is 8. The number of carboxylic acids is 2. The van der Waals surface area contributed by atoms with Crippen LogP contribution < -0.4 is 14.8 Å². The van der Waals surface area contributed by atoms with Crippen molar-refractivity contribution < 1.29 is 29.3 Å². The van der Waals surface area contributed by atoms with Gasteiger partial charge in [-0.15, -0.1) is 0 Å². The lowest BCUT2D eigenvalue weighted by Crippen LogP contribution is -2.05. The minimum absolute atomic E-state index is 0.558. The fraction of sp³-hybridized carbons (Fsp3) is 0.200. The van der Waals surface area contributed by atoms with Crippen LogP contribution in [0.25, 0.3) is 0 Å². The highest BCUT2D eigenvalue weighted by Crippen LogP contribution is 2.38. The van der Waals surface area contributed by atoms with Crippen LogP contribution in [0.4, 0.5) is 0 Å². The SMILES string of the molecule is CNCc1ccccc1Sc1ccc(OC)cc1OC.O=C(O)/C=C/C(=O)O. The number of benzene rings is 2. The second-order valence-electron chi connectivity index (χ2n) is 5.27. The maximum Gasteiger partial charge on any atom is 0.328 e. The molecule has 0 spiro atoms. The fourth-order valence-electron chi connectivity index (χ4n) is 2.06. The molecule has 0 aromatic heterocycles. The lowest BCUT2D eigenvalue weighted by Gasteiger charge is -2.12. The van der Waals surface area contributed by atoms with Gasteiger partial charge in [0.1, 0.15) is 11.5 Å². The Balaban J connectivity index is 0.000000416. The number of carbonyl (C=O) groups is 2. The van der Waals surface area contributed by atoms with Crippen molar-refractivity contribution in [2.75, 3.05) is 21.3 Å². The van der Waals surface area contributed by atoms with E-state index >= 15 is 0 Å². The van der Waals surface area contributed by atoms with Crippen molar-refractivity contribution in [3.05, 3.63) is 60.2 Å². The molecule has 0 saturated heterocycles. The molecule has 0 aliphatic heterocycles. The van der Waals surface area contributed by atoms with Crippen LogP contribution in [0.2, 0.25) is 0 Å². The van der Waals surface area contributed by atoms with Crippen LogP contribution >= 0.6 is 11.8 Å². The predicted molar refractivity (Wildman–Crippen MR) is 107 cm³/mol. The molecule has 0 amide bonds. The number of aliphatic carboxylic acids is 2. The second-order valence-corrected chi connectivity index (χ2v) is 6.35. The van der Waals surface area contributed by atoms with E-state index in [2.05, 4.69) is 29.6 Å². The van der Waals surface area contributed by atoms with E-state index in [4.69, 9.17) is 19.7 Å². The molecule has 2 aromatic rings. The van der Waals surface area contributed by atoms with Crippen molar-refractivity contribution in [3.8, 4) is 11.5 Å². The Kier molecular flexibility index (Phi) is 10.2. The minimum atomic E-state index is -1.26. The molecule has 7 nitrogen and oxygen atoms in total. The Labute approximate surface area is 168 Å². The first-order valence-corrected chi connectivity index (χ1v) is 8.99. The Hall–Kier alpha value is -2.97. The summed E-state index contributed by atoms with van der Waals surface area (Å²) in [5.41, 5.74) is 1.28. The first-order chi connectivity index (χ1) is 13.4. The van der Waals surface area contributed by atoms with Gasteiger partial charge in [0.25, 0.3) is 0 Å². The standard InChI is InChI=1S/C16H19NO2S.C4H4O4/c1-17-11-12-6-4-5-7-15(12)20-16-9-8-13(18-2)10-14(16)19-3;5-3(6)1-2-4(7)8/h4-10,17H,11H2,1-3H3;1-2H,(H,5,6)(H,7,8)/b;2-1+. The van der Waals surface area contributed by atoms with E-state index in [0.717, 1.165) is 22.9 Å². The Morgan fingerprint density at radius 2 is 1.64 bits per heavy atom. The summed E-state index contributed by atoms with van der Waals surface area (Å²) in [6, 6.07) is 14.3. The topological polar surface area (TPSA) is 105 Å². The summed E-state index contributed by atoms with van der Waals surface area (Å²) in [7, 11) is 5.29. The predicted octanol–water partition coefficient (Wildman–Crippen LogP) is 3.29. The number of hydrogen-bond donors (Lipinski definition) is 3. The van der Waals surface area contributed by atoms with Crippen molar-refractivity contribution in [2.24, 2.45) is 0 Å². The van der Waals surface area contributed by atoms with Crippen molar-refractivity contribution in [1.82, 2.24) is 5.32 Å². The van der Waals surface area contributed by atoms with Crippen LogP contribution in [0.1, 0.15) is 5.56 Å². The smallest absolute Gasteiger partial charge is 0.328 e. The van der Waals surface area contributed by atoms with Crippen molar-refractivity contribution in [3.63, 3.8) is 0 Å². The van der Waals surface area contributed by atoms with Gasteiger partial charge in [-0.25, -0.2) is 9.59 Å². The number of methoxy groups -OCH3 is 2. The van der Waals surface area contributed by atoms with Crippen LogP contribution in [-0.4, -0.2) is 43.4 Å². The van der Waals surface area contributed by atoms with Crippen molar-refractivity contribution in [2.45, 2.75) is 16.3 Å². The molecule has 0 fully saturated rings.